The molecule has 1 aromatic rings. The number of amides is 1. The minimum atomic E-state index is -3.68. The highest BCUT2D eigenvalue weighted by atomic mass is 32.2. The zero-order chi connectivity index (χ0) is 19.0. The van der Waals surface area contributed by atoms with Crippen LogP contribution in [0.15, 0.2) is 29.2 Å². The molecule has 0 heterocycles. The first-order valence-electron chi connectivity index (χ1n) is 8.18. The third-order valence-corrected chi connectivity index (χ3v) is 5.77. The van der Waals surface area contributed by atoms with Crippen LogP contribution in [0.25, 0.3) is 0 Å². The fourth-order valence-electron chi connectivity index (χ4n) is 2.23. The van der Waals surface area contributed by atoms with E-state index >= 15 is 0 Å². The molecule has 0 fully saturated rings. The standard InChI is InChI=1S/C17H27FN2O4S/c1-13(2)16(12-24-4)19-17(21)6-5-11-20(3)25(22,23)15-9-7-14(18)8-10-15/h7-10,13,16H,5-6,11-12H2,1-4H3,(H,19,21)/t16-/m1/s1. The molecule has 0 aliphatic heterocycles. The Morgan fingerprint density at radius 2 is 1.88 bits per heavy atom. The van der Waals surface area contributed by atoms with Crippen LogP contribution in [0.4, 0.5) is 4.39 Å². The summed E-state index contributed by atoms with van der Waals surface area (Å²) in [5, 5.41) is 2.89. The zero-order valence-electron chi connectivity index (χ0n) is 15.2. The van der Waals surface area contributed by atoms with Gasteiger partial charge in [-0.25, -0.2) is 17.1 Å². The van der Waals surface area contributed by atoms with E-state index in [2.05, 4.69) is 5.32 Å². The van der Waals surface area contributed by atoms with Gasteiger partial charge in [0.05, 0.1) is 17.5 Å². The van der Waals surface area contributed by atoms with Crippen molar-refractivity contribution in [1.82, 2.24) is 9.62 Å². The van der Waals surface area contributed by atoms with Crippen molar-refractivity contribution in [3.05, 3.63) is 30.1 Å². The normalized spacial score (nSPS) is 13.2. The molecule has 1 N–H and O–H groups in total. The van der Waals surface area contributed by atoms with Gasteiger partial charge in [0.25, 0.3) is 0 Å². The van der Waals surface area contributed by atoms with Gasteiger partial charge in [0.1, 0.15) is 5.82 Å². The van der Waals surface area contributed by atoms with E-state index < -0.39 is 15.8 Å². The maximum Gasteiger partial charge on any atom is 0.242 e. The lowest BCUT2D eigenvalue weighted by Crippen LogP contribution is -2.41. The highest BCUT2D eigenvalue weighted by molar-refractivity contribution is 7.89. The maximum absolute atomic E-state index is 12.9. The molecule has 8 heteroatoms. The van der Waals surface area contributed by atoms with Gasteiger partial charge in [0, 0.05) is 27.1 Å². The summed E-state index contributed by atoms with van der Waals surface area (Å²) < 4.78 is 43.9. The van der Waals surface area contributed by atoms with Gasteiger partial charge in [-0.1, -0.05) is 13.8 Å². The Labute approximate surface area is 149 Å². The minimum Gasteiger partial charge on any atom is -0.383 e. The van der Waals surface area contributed by atoms with E-state index in [1.807, 2.05) is 13.8 Å². The number of ether oxygens (including phenoxy) is 1. The first kappa shape index (κ1) is 21.5. The van der Waals surface area contributed by atoms with Gasteiger partial charge < -0.3 is 10.1 Å². The molecule has 0 aliphatic rings. The van der Waals surface area contributed by atoms with Gasteiger partial charge in [-0.05, 0) is 36.6 Å². The van der Waals surface area contributed by atoms with Crippen molar-refractivity contribution < 1.29 is 22.3 Å². The number of sulfonamides is 1. The summed E-state index contributed by atoms with van der Waals surface area (Å²) in [4.78, 5) is 12.0. The molecule has 1 aromatic carbocycles. The molecular formula is C17H27FN2O4S. The van der Waals surface area contributed by atoms with Gasteiger partial charge in [-0.15, -0.1) is 0 Å². The summed E-state index contributed by atoms with van der Waals surface area (Å²) in [5.41, 5.74) is 0. The van der Waals surface area contributed by atoms with Crippen LogP contribution in [0, 0.1) is 11.7 Å². The number of rotatable bonds is 10. The fourth-order valence-corrected chi connectivity index (χ4v) is 3.44. The van der Waals surface area contributed by atoms with Crippen LogP contribution >= 0.6 is 0 Å². The molecule has 0 aliphatic carbocycles. The average Bonchev–Trinajstić information content (AvgIpc) is 2.54. The third kappa shape index (κ3) is 6.72. The van der Waals surface area contributed by atoms with Crippen molar-refractivity contribution in [2.45, 2.75) is 37.6 Å². The topological polar surface area (TPSA) is 75.7 Å². The number of nitrogens with zero attached hydrogens (tertiary/aromatic N) is 1. The Morgan fingerprint density at radius 1 is 1.28 bits per heavy atom. The molecule has 1 atom stereocenters. The summed E-state index contributed by atoms with van der Waals surface area (Å²) in [5.74, 6) is -0.386. The molecule has 6 nitrogen and oxygen atoms in total. The van der Waals surface area contributed by atoms with Crippen molar-refractivity contribution in [3.8, 4) is 0 Å². The summed E-state index contributed by atoms with van der Waals surface area (Å²) in [6.45, 7) is 4.62. The Balaban J connectivity index is 2.51. The molecule has 0 bridgehead atoms. The van der Waals surface area contributed by atoms with Crippen LogP contribution in [0.3, 0.4) is 0 Å². The van der Waals surface area contributed by atoms with Crippen molar-refractivity contribution >= 4 is 15.9 Å². The monoisotopic (exact) mass is 374 g/mol. The largest absolute Gasteiger partial charge is 0.383 e. The number of hydrogen-bond acceptors (Lipinski definition) is 4. The molecule has 0 spiro atoms. The van der Waals surface area contributed by atoms with Gasteiger partial charge in [-0.2, -0.15) is 0 Å². The second-order valence-corrected chi connectivity index (χ2v) is 8.30. The molecule has 0 aromatic heterocycles. The quantitative estimate of drug-likeness (QED) is 0.680. The van der Waals surface area contributed by atoms with E-state index in [1.165, 1.54) is 23.5 Å². The Hall–Kier alpha value is -1.51. The molecule has 1 amide bonds. The Kier molecular flexibility index (Phi) is 8.47. The third-order valence-electron chi connectivity index (χ3n) is 3.90. The molecule has 1 rings (SSSR count). The van der Waals surface area contributed by atoms with Crippen molar-refractivity contribution in [1.29, 1.82) is 0 Å². The average molecular weight is 374 g/mol. The number of carbonyl (C=O) groups is 1. The fraction of sp³-hybridized carbons (Fsp3) is 0.588. The lowest BCUT2D eigenvalue weighted by atomic mass is 10.1. The number of halogens is 1. The first-order chi connectivity index (χ1) is 11.7. The van der Waals surface area contributed by atoms with E-state index in [-0.39, 0.29) is 35.7 Å². The van der Waals surface area contributed by atoms with Gasteiger partial charge in [0.15, 0.2) is 0 Å². The van der Waals surface area contributed by atoms with Crippen molar-refractivity contribution in [2.24, 2.45) is 5.92 Å². The number of methoxy groups -OCH3 is 1. The van der Waals surface area contributed by atoms with Crippen LogP contribution in [0.5, 0.6) is 0 Å². The van der Waals surface area contributed by atoms with Gasteiger partial charge in [-0.3, -0.25) is 4.79 Å². The summed E-state index contributed by atoms with van der Waals surface area (Å²) >= 11 is 0. The van der Waals surface area contributed by atoms with Gasteiger partial charge >= 0.3 is 0 Å². The highest BCUT2D eigenvalue weighted by Gasteiger charge is 2.21. The smallest absolute Gasteiger partial charge is 0.242 e. The SMILES string of the molecule is COC[C@@H](NC(=O)CCCN(C)S(=O)(=O)c1ccc(F)cc1)C(C)C. The number of nitrogens with one attached hydrogen (secondary N) is 1. The highest BCUT2D eigenvalue weighted by Crippen LogP contribution is 2.15. The van der Waals surface area contributed by atoms with E-state index in [4.69, 9.17) is 4.74 Å². The lowest BCUT2D eigenvalue weighted by Gasteiger charge is -2.22. The Bertz CT molecular complexity index is 647. The molecular weight excluding hydrogens is 347 g/mol. The molecule has 0 saturated heterocycles. The molecule has 0 saturated carbocycles. The van der Waals surface area contributed by atoms with E-state index in [0.717, 1.165) is 12.1 Å². The minimum absolute atomic E-state index is 0.0285. The molecule has 25 heavy (non-hydrogen) atoms. The second-order valence-electron chi connectivity index (χ2n) is 6.26. The predicted octanol–water partition coefficient (Wildman–Crippen LogP) is 2.01. The number of benzene rings is 1. The van der Waals surface area contributed by atoms with Crippen LogP contribution in [0.1, 0.15) is 26.7 Å². The molecule has 0 unspecified atom stereocenters. The van der Waals surface area contributed by atoms with E-state index in [1.54, 1.807) is 7.11 Å². The number of carbonyl (C=O) groups excluding carboxylic acids is 1. The summed E-state index contributed by atoms with van der Waals surface area (Å²) in [7, 11) is -0.661. The Morgan fingerprint density at radius 3 is 2.40 bits per heavy atom. The lowest BCUT2D eigenvalue weighted by molar-refractivity contribution is -0.122. The first-order valence-corrected chi connectivity index (χ1v) is 9.62. The number of hydrogen-bond donors (Lipinski definition) is 1. The molecule has 142 valence electrons. The van der Waals surface area contributed by atoms with Crippen molar-refractivity contribution in [3.63, 3.8) is 0 Å². The second kappa shape index (κ2) is 9.84. The zero-order valence-corrected chi connectivity index (χ0v) is 16.0. The maximum atomic E-state index is 12.9. The van der Waals surface area contributed by atoms with Crippen LogP contribution in [-0.2, 0) is 19.6 Å². The van der Waals surface area contributed by atoms with Crippen LogP contribution in [-0.4, -0.2) is 52.0 Å². The van der Waals surface area contributed by atoms with E-state index in [0.29, 0.717) is 13.0 Å². The predicted molar refractivity (Wildman–Crippen MR) is 94.1 cm³/mol. The van der Waals surface area contributed by atoms with Crippen LogP contribution in [0.2, 0.25) is 0 Å². The van der Waals surface area contributed by atoms with E-state index in [9.17, 15) is 17.6 Å². The summed E-state index contributed by atoms with van der Waals surface area (Å²) in [6, 6.07) is 4.60. The van der Waals surface area contributed by atoms with Crippen molar-refractivity contribution in [2.75, 3.05) is 27.3 Å². The van der Waals surface area contributed by atoms with Crippen LogP contribution < -0.4 is 5.32 Å². The molecule has 0 radical (unpaired) electrons. The summed E-state index contributed by atoms with van der Waals surface area (Å²) in [6.07, 6.45) is 0.608. The van der Waals surface area contributed by atoms with Gasteiger partial charge in [0.2, 0.25) is 15.9 Å².